The summed E-state index contributed by atoms with van der Waals surface area (Å²) >= 11 is 5.91. The summed E-state index contributed by atoms with van der Waals surface area (Å²) in [6.07, 6.45) is 0. The van der Waals surface area contributed by atoms with Crippen molar-refractivity contribution in [1.82, 2.24) is 10.2 Å². The van der Waals surface area contributed by atoms with E-state index in [0.29, 0.717) is 22.2 Å². The van der Waals surface area contributed by atoms with E-state index >= 15 is 0 Å². The Morgan fingerprint density at radius 3 is 2.74 bits per heavy atom. The standard InChI is InChI=1S/C13H14ClN3O2/c1-7-8(2)16-17-12(7)13(18)15-10-6-9(14)4-5-11(10)19-3/h4-6H,1-3H3,(H,15,18)(H,16,17). The molecule has 0 bridgehead atoms. The van der Waals surface area contributed by atoms with Crippen molar-refractivity contribution in [2.24, 2.45) is 0 Å². The van der Waals surface area contributed by atoms with E-state index < -0.39 is 0 Å². The molecule has 0 fully saturated rings. The molecule has 1 aromatic carbocycles. The number of halogens is 1. The lowest BCUT2D eigenvalue weighted by Crippen LogP contribution is -2.14. The highest BCUT2D eigenvalue weighted by Gasteiger charge is 2.16. The fourth-order valence-electron chi connectivity index (χ4n) is 1.67. The zero-order valence-electron chi connectivity index (χ0n) is 10.9. The van der Waals surface area contributed by atoms with Crippen molar-refractivity contribution in [1.29, 1.82) is 0 Å². The third kappa shape index (κ3) is 2.71. The van der Waals surface area contributed by atoms with Crippen LogP contribution in [0.1, 0.15) is 21.7 Å². The summed E-state index contributed by atoms with van der Waals surface area (Å²) < 4.78 is 5.17. The lowest BCUT2D eigenvalue weighted by Gasteiger charge is -2.09. The molecular weight excluding hydrogens is 266 g/mol. The normalized spacial score (nSPS) is 10.3. The van der Waals surface area contributed by atoms with Gasteiger partial charge in [-0.3, -0.25) is 9.89 Å². The van der Waals surface area contributed by atoms with Gasteiger partial charge in [0.15, 0.2) is 5.69 Å². The van der Waals surface area contributed by atoms with Crippen LogP contribution in [0.2, 0.25) is 5.02 Å². The van der Waals surface area contributed by atoms with Gasteiger partial charge in [-0.05, 0) is 32.0 Å². The minimum atomic E-state index is -0.303. The second-order valence-corrected chi connectivity index (χ2v) is 4.56. The largest absolute Gasteiger partial charge is 0.495 e. The average Bonchev–Trinajstić information content (AvgIpc) is 2.70. The van der Waals surface area contributed by atoms with Gasteiger partial charge in [0, 0.05) is 16.3 Å². The zero-order chi connectivity index (χ0) is 14.0. The van der Waals surface area contributed by atoms with Crippen LogP contribution in [0.3, 0.4) is 0 Å². The van der Waals surface area contributed by atoms with Crippen LogP contribution in [0.4, 0.5) is 5.69 Å². The van der Waals surface area contributed by atoms with Gasteiger partial charge in [-0.25, -0.2) is 0 Å². The molecule has 0 atom stereocenters. The second-order valence-electron chi connectivity index (χ2n) is 4.12. The van der Waals surface area contributed by atoms with E-state index in [0.717, 1.165) is 11.3 Å². The Bertz CT molecular complexity index is 622. The number of H-pyrrole nitrogens is 1. The molecule has 1 heterocycles. The number of carbonyl (C=O) groups excluding carboxylic acids is 1. The first-order valence-electron chi connectivity index (χ1n) is 5.69. The monoisotopic (exact) mass is 279 g/mol. The lowest BCUT2D eigenvalue weighted by atomic mass is 10.2. The number of aromatic amines is 1. The van der Waals surface area contributed by atoms with Gasteiger partial charge in [0.05, 0.1) is 12.8 Å². The maximum absolute atomic E-state index is 12.1. The number of aromatic nitrogens is 2. The van der Waals surface area contributed by atoms with Crippen molar-refractivity contribution in [2.75, 3.05) is 12.4 Å². The predicted octanol–water partition coefficient (Wildman–Crippen LogP) is 2.94. The van der Waals surface area contributed by atoms with Crippen LogP contribution < -0.4 is 10.1 Å². The molecule has 2 aromatic rings. The Labute approximate surface area is 115 Å². The van der Waals surface area contributed by atoms with E-state index in [1.54, 1.807) is 18.2 Å². The number of ether oxygens (including phenoxy) is 1. The second kappa shape index (κ2) is 5.32. The molecule has 0 saturated heterocycles. The Morgan fingerprint density at radius 1 is 1.42 bits per heavy atom. The third-order valence-corrected chi connectivity index (χ3v) is 3.11. The number of benzene rings is 1. The molecule has 0 aliphatic carbocycles. The summed E-state index contributed by atoms with van der Waals surface area (Å²) in [6.45, 7) is 3.70. The molecular formula is C13H14ClN3O2. The van der Waals surface area contributed by atoms with Crippen LogP contribution >= 0.6 is 11.6 Å². The molecule has 0 unspecified atom stereocenters. The molecule has 2 rings (SSSR count). The number of hydrogen-bond donors (Lipinski definition) is 2. The molecule has 1 aromatic heterocycles. The molecule has 0 aliphatic rings. The number of amides is 1. The minimum Gasteiger partial charge on any atom is -0.495 e. The number of aryl methyl sites for hydroxylation is 1. The SMILES string of the molecule is COc1ccc(Cl)cc1NC(=O)c1n[nH]c(C)c1C. The van der Waals surface area contributed by atoms with E-state index in [4.69, 9.17) is 16.3 Å². The first-order valence-corrected chi connectivity index (χ1v) is 6.07. The maximum atomic E-state index is 12.1. The van der Waals surface area contributed by atoms with Gasteiger partial charge < -0.3 is 10.1 Å². The highest BCUT2D eigenvalue weighted by atomic mass is 35.5. The summed E-state index contributed by atoms with van der Waals surface area (Å²) in [5.74, 6) is 0.241. The number of carbonyl (C=O) groups is 1. The Morgan fingerprint density at radius 2 is 2.16 bits per heavy atom. The fraction of sp³-hybridized carbons (Fsp3) is 0.231. The smallest absolute Gasteiger partial charge is 0.276 e. The topological polar surface area (TPSA) is 67.0 Å². The van der Waals surface area contributed by atoms with Gasteiger partial charge in [0.2, 0.25) is 0 Å². The molecule has 1 amide bonds. The van der Waals surface area contributed by atoms with Crippen molar-refractivity contribution in [3.63, 3.8) is 0 Å². The summed E-state index contributed by atoms with van der Waals surface area (Å²) in [5.41, 5.74) is 2.56. The number of anilines is 1. The molecule has 19 heavy (non-hydrogen) atoms. The van der Waals surface area contributed by atoms with Crippen LogP contribution in [0.15, 0.2) is 18.2 Å². The number of nitrogens with one attached hydrogen (secondary N) is 2. The van der Waals surface area contributed by atoms with Gasteiger partial charge in [-0.15, -0.1) is 0 Å². The summed E-state index contributed by atoms with van der Waals surface area (Å²) in [4.78, 5) is 12.1. The summed E-state index contributed by atoms with van der Waals surface area (Å²) in [7, 11) is 1.53. The van der Waals surface area contributed by atoms with Crippen LogP contribution in [0.25, 0.3) is 0 Å². The van der Waals surface area contributed by atoms with Crippen LogP contribution in [-0.4, -0.2) is 23.2 Å². The molecule has 0 radical (unpaired) electrons. The number of methoxy groups -OCH3 is 1. The van der Waals surface area contributed by atoms with E-state index in [2.05, 4.69) is 15.5 Å². The quantitative estimate of drug-likeness (QED) is 0.908. The minimum absolute atomic E-state index is 0.303. The molecule has 2 N–H and O–H groups in total. The first kappa shape index (κ1) is 13.4. The highest BCUT2D eigenvalue weighted by Crippen LogP contribution is 2.28. The van der Waals surface area contributed by atoms with Crippen molar-refractivity contribution in [2.45, 2.75) is 13.8 Å². The average molecular weight is 280 g/mol. The number of nitrogens with zero attached hydrogens (tertiary/aromatic N) is 1. The van der Waals surface area contributed by atoms with E-state index in [-0.39, 0.29) is 5.91 Å². The van der Waals surface area contributed by atoms with Gasteiger partial charge >= 0.3 is 0 Å². The predicted molar refractivity (Wildman–Crippen MR) is 74.0 cm³/mol. The molecule has 0 aliphatic heterocycles. The van der Waals surface area contributed by atoms with Crippen LogP contribution in [0, 0.1) is 13.8 Å². The zero-order valence-corrected chi connectivity index (χ0v) is 11.6. The maximum Gasteiger partial charge on any atom is 0.276 e. The van der Waals surface area contributed by atoms with Crippen molar-refractivity contribution >= 4 is 23.2 Å². The third-order valence-electron chi connectivity index (χ3n) is 2.88. The Balaban J connectivity index is 2.28. The summed E-state index contributed by atoms with van der Waals surface area (Å²) in [5, 5.41) is 10.0. The fourth-order valence-corrected chi connectivity index (χ4v) is 1.84. The van der Waals surface area contributed by atoms with Crippen LogP contribution in [0.5, 0.6) is 5.75 Å². The molecule has 100 valence electrons. The molecule has 6 heteroatoms. The Hall–Kier alpha value is -2.01. The lowest BCUT2D eigenvalue weighted by molar-refractivity contribution is 0.102. The number of rotatable bonds is 3. The van der Waals surface area contributed by atoms with Gasteiger partial charge in [-0.1, -0.05) is 11.6 Å². The first-order chi connectivity index (χ1) is 9.02. The van der Waals surface area contributed by atoms with Crippen molar-refractivity contribution in [3.8, 4) is 5.75 Å². The number of hydrogen-bond acceptors (Lipinski definition) is 3. The van der Waals surface area contributed by atoms with E-state index in [1.807, 2.05) is 13.8 Å². The molecule has 0 saturated carbocycles. The van der Waals surface area contributed by atoms with Crippen LogP contribution in [-0.2, 0) is 0 Å². The highest BCUT2D eigenvalue weighted by molar-refractivity contribution is 6.31. The summed E-state index contributed by atoms with van der Waals surface area (Å²) in [6, 6.07) is 5.02. The van der Waals surface area contributed by atoms with Gasteiger partial charge in [0.25, 0.3) is 5.91 Å². The molecule has 0 spiro atoms. The van der Waals surface area contributed by atoms with E-state index in [9.17, 15) is 4.79 Å². The van der Waals surface area contributed by atoms with Gasteiger partial charge in [0.1, 0.15) is 5.75 Å². The van der Waals surface area contributed by atoms with Crippen molar-refractivity contribution in [3.05, 3.63) is 40.2 Å². The Kier molecular flexibility index (Phi) is 3.76. The van der Waals surface area contributed by atoms with Crippen molar-refractivity contribution < 1.29 is 9.53 Å². The van der Waals surface area contributed by atoms with E-state index in [1.165, 1.54) is 7.11 Å². The van der Waals surface area contributed by atoms with Gasteiger partial charge in [-0.2, -0.15) is 5.10 Å². The molecule has 5 nitrogen and oxygen atoms in total.